The van der Waals surface area contributed by atoms with Crippen LogP contribution in [0.2, 0.25) is 0 Å². The van der Waals surface area contributed by atoms with Gasteiger partial charge in [-0.2, -0.15) is 0 Å². The van der Waals surface area contributed by atoms with Crippen LogP contribution >= 0.6 is 23.1 Å². The predicted molar refractivity (Wildman–Crippen MR) is 94.3 cm³/mol. The molecule has 1 aromatic carbocycles. The Morgan fingerprint density at radius 2 is 2.17 bits per heavy atom. The molecular weight excluding hydrogens is 344 g/mol. The Morgan fingerprint density at radius 1 is 1.25 bits per heavy atom. The lowest BCUT2D eigenvalue weighted by molar-refractivity contribution is 0.466. The van der Waals surface area contributed by atoms with Gasteiger partial charge < -0.3 is 9.40 Å². The molecule has 0 saturated heterocycles. The van der Waals surface area contributed by atoms with Crippen LogP contribution in [-0.2, 0) is 5.75 Å². The summed E-state index contributed by atoms with van der Waals surface area (Å²) in [6.45, 7) is 1.94. The number of hydrogen-bond donors (Lipinski definition) is 1. The van der Waals surface area contributed by atoms with Crippen LogP contribution in [-0.4, -0.2) is 20.2 Å². The quantitative estimate of drug-likeness (QED) is 0.562. The van der Waals surface area contributed by atoms with E-state index in [9.17, 15) is 4.79 Å². The Hall–Kier alpha value is -2.45. The molecule has 8 heteroatoms. The lowest BCUT2D eigenvalue weighted by atomic mass is 10.1. The highest BCUT2D eigenvalue weighted by atomic mass is 32.2. The molecule has 0 aliphatic heterocycles. The fourth-order valence-electron chi connectivity index (χ4n) is 2.32. The largest absolute Gasteiger partial charge is 0.410 e. The maximum Gasteiger partial charge on any atom is 0.277 e. The van der Waals surface area contributed by atoms with Crippen molar-refractivity contribution in [3.8, 4) is 10.8 Å². The van der Waals surface area contributed by atoms with Crippen molar-refractivity contribution >= 4 is 34.0 Å². The second kappa shape index (κ2) is 6.21. The fraction of sp³-hybridized carbons (Fsp3) is 0.125. The molecule has 4 aromatic rings. The highest BCUT2D eigenvalue weighted by Gasteiger charge is 2.11. The van der Waals surface area contributed by atoms with Gasteiger partial charge in [0, 0.05) is 0 Å². The third kappa shape index (κ3) is 2.85. The van der Waals surface area contributed by atoms with Crippen LogP contribution in [0.5, 0.6) is 0 Å². The zero-order valence-corrected chi connectivity index (χ0v) is 14.3. The van der Waals surface area contributed by atoms with Crippen LogP contribution in [0.15, 0.2) is 50.1 Å². The monoisotopic (exact) mass is 356 g/mol. The van der Waals surface area contributed by atoms with Gasteiger partial charge in [-0.15, -0.1) is 21.5 Å². The van der Waals surface area contributed by atoms with Crippen LogP contribution in [0.1, 0.15) is 11.4 Å². The first kappa shape index (κ1) is 15.1. The normalized spacial score (nSPS) is 11.2. The molecule has 0 amide bonds. The van der Waals surface area contributed by atoms with E-state index in [1.165, 1.54) is 11.8 Å². The Kier molecular flexibility index (Phi) is 3.91. The first-order valence-corrected chi connectivity index (χ1v) is 9.06. The van der Waals surface area contributed by atoms with Gasteiger partial charge in [0.1, 0.15) is 5.82 Å². The van der Waals surface area contributed by atoms with Gasteiger partial charge in [-0.05, 0) is 30.0 Å². The van der Waals surface area contributed by atoms with E-state index >= 15 is 0 Å². The number of H-pyrrole nitrogens is 1. The number of aryl methyl sites for hydroxylation is 1. The van der Waals surface area contributed by atoms with Gasteiger partial charge >= 0.3 is 0 Å². The highest BCUT2D eigenvalue weighted by Crippen LogP contribution is 2.27. The minimum atomic E-state index is -0.135. The number of aromatic nitrogens is 4. The van der Waals surface area contributed by atoms with Gasteiger partial charge in [-0.1, -0.05) is 30.0 Å². The smallest absolute Gasteiger partial charge is 0.277 e. The summed E-state index contributed by atoms with van der Waals surface area (Å²) in [6.07, 6.45) is 0. The maximum absolute atomic E-state index is 12.2. The molecule has 0 aliphatic rings. The molecule has 0 bridgehead atoms. The molecule has 120 valence electrons. The van der Waals surface area contributed by atoms with Crippen molar-refractivity contribution < 1.29 is 4.42 Å². The summed E-state index contributed by atoms with van der Waals surface area (Å²) >= 11 is 2.89. The van der Waals surface area contributed by atoms with Gasteiger partial charge in [-0.25, -0.2) is 4.98 Å². The molecule has 0 aliphatic carbocycles. The van der Waals surface area contributed by atoms with Crippen LogP contribution in [0.4, 0.5) is 0 Å². The van der Waals surface area contributed by atoms with E-state index in [1.54, 1.807) is 17.4 Å². The summed E-state index contributed by atoms with van der Waals surface area (Å²) in [6, 6.07) is 9.43. The summed E-state index contributed by atoms with van der Waals surface area (Å²) in [5.74, 6) is 1.54. The summed E-state index contributed by atoms with van der Waals surface area (Å²) in [5.41, 5.74) is 1.56. The zero-order chi connectivity index (χ0) is 16.5. The summed E-state index contributed by atoms with van der Waals surface area (Å²) in [4.78, 5) is 20.5. The number of thiophene rings is 1. The summed E-state index contributed by atoms with van der Waals surface area (Å²) < 4.78 is 5.62. The van der Waals surface area contributed by atoms with Crippen molar-refractivity contribution in [3.63, 3.8) is 0 Å². The fourth-order valence-corrected chi connectivity index (χ4v) is 3.60. The van der Waals surface area contributed by atoms with E-state index in [0.29, 0.717) is 28.1 Å². The van der Waals surface area contributed by atoms with Crippen LogP contribution in [0.3, 0.4) is 0 Å². The first-order valence-electron chi connectivity index (χ1n) is 7.19. The van der Waals surface area contributed by atoms with Crippen LogP contribution in [0, 0.1) is 6.92 Å². The van der Waals surface area contributed by atoms with Crippen molar-refractivity contribution in [2.24, 2.45) is 0 Å². The first-order chi connectivity index (χ1) is 11.7. The Labute approximate surface area is 145 Å². The van der Waals surface area contributed by atoms with Crippen molar-refractivity contribution in [3.05, 3.63) is 57.5 Å². The van der Waals surface area contributed by atoms with Crippen molar-refractivity contribution in [2.45, 2.75) is 17.9 Å². The molecular formula is C16H12N4O2S2. The van der Waals surface area contributed by atoms with E-state index in [4.69, 9.17) is 4.42 Å². The molecule has 0 fully saturated rings. The van der Waals surface area contributed by atoms with E-state index in [1.807, 2.05) is 36.6 Å². The van der Waals surface area contributed by atoms with Gasteiger partial charge in [0.05, 0.1) is 21.5 Å². The molecule has 1 N–H and O–H groups in total. The molecule has 0 atom stereocenters. The highest BCUT2D eigenvalue weighted by molar-refractivity contribution is 7.98. The molecule has 3 heterocycles. The second-order valence-electron chi connectivity index (χ2n) is 5.12. The van der Waals surface area contributed by atoms with Crippen LogP contribution in [0.25, 0.3) is 21.7 Å². The number of thioether (sulfide) groups is 1. The number of fused-ring (bicyclic) bond motifs is 1. The Balaban J connectivity index is 1.57. The van der Waals surface area contributed by atoms with E-state index in [2.05, 4.69) is 20.2 Å². The van der Waals surface area contributed by atoms with Crippen molar-refractivity contribution in [1.82, 2.24) is 20.2 Å². The number of aromatic amines is 1. The molecule has 4 rings (SSSR count). The van der Waals surface area contributed by atoms with Crippen LogP contribution < -0.4 is 5.56 Å². The van der Waals surface area contributed by atoms with E-state index in [-0.39, 0.29) is 5.56 Å². The zero-order valence-electron chi connectivity index (χ0n) is 12.6. The van der Waals surface area contributed by atoms with E-state index in [0.717, 1.165) is 16.0 Å². The summed E-state index contributed by atoms with van der Waals surface area (Å²) in [7, 11) is 0. The lowest BCUT2D eigenvalue weighted by Crippen LogP contribution is -2.11. The third-order valence-electron chi connectivity index (χ3n) is 3.46. The lowest BCUT2D eigenvalue weighted by Gasteiger charge is -2.03. The molecule has 0 saturated carbocycles. The maximum atomic E-state index is 12.2. The number of nitrogens with one attached hydrogen (secondary N) is 1. The third-order valence-corrected chi connectivity index (χ3v) is 5.15. The van der Waals surface area contributed by atoms with Gasteiger partial charge in [0.25, 0.3) is 16.7 Å². The summed E-state index contributed by atoms with van der Waals surface area (Å²) in [5, 5.41) is 11.1. The Morgan fingerprint density at radius 3 is 3.00 bits per heavy atom. The van der Waals surface area contributed by atoms with Gasteiger partial charge in [0.15, 0.2) is 0 Å². The minimum absolute atomic E-state index is 0.135. The van der Waals surface area contributed by atoms with E-state index < -0.39 is 0 Å². The van der Waals surface area contributed by atoms with Gasteiger partial charge in [-0.3, -0.25) is 4.79 Å². The molecule has 6 nitrogen and oxygen atoms in total. The van der Waals surface area contributed by atoms with Crippen molar-refractivity contribution in [2.75, 3.05) is 0 Å². The predicted octanol–water partition coefficient (Wildman–Crippen LogP) is 3.64. The second-order valence-corrected chi connectivity index (χ2v) is 7.00. The number of hydrogen-bond acceptors (Lipinski definition) is 7. The standard InChI is InChI=1S/C16H12N4O2S2/c1-9-4-2-5-10-13(9)17-12(18-14(10)21)8-24-16-20-19-15(22-16)11-6-3-7-23-11/h2-7H,8H2,1H3,(H,17,18,21). The molecule has 0 unspecified atom stereocenters. The number of para-hydroxylation sites is 1. The molecule has 24 heavy (non-hydrogen) atoms. The molecule has 0 radical (unpaired) electrons. The minimum Gasteiger partial charge on any atom is -0.410 e. The SMILES string of the molecule is Cc1cccc2c(=O)[nH]c(CSc3nnc(-c4cccs4)o3)nc12. The number of benzene rings is 1. The number of rotatable bonds is 4. The molecule has 0 spiro atoms. The van der Waals surface area contributed by atoms with Crippen molar-refractivity contribution in [1.29, 1.82) is 0 Å². The molecule has 3 aromatic heterocycles. The average Bonchev–Trinajstić information content (AvgIpc) is 3.25. The average molecular weight is 356 g/mol. The van der Waals surface area contributed by atoms with Gasteiger partial charge in [0.2, 0.25) is 0 Å². The number of nitrogens with zero attached hydrogens (tertiary/aromatic N) is 3. The Bertz CT molecular complexity index is 1050. The topological polar surface area (TPSA) is 84.7 Å².